The maximum atomic E-state index is 13.4. The monoisotopic (exact) mass is 498 g/mol. The Kier molecular flexibility index (Phi) is 8.03. The lowest BCUT2D eigenvalue weighted by molar-refractivity contribution is -0.151. The fraction of sp³-hybridized carbons (Fsp3) is 0.364. The van der Waals surface area contributed by atoms with Crippen LogP contribution in [0.25, 0.3) is 0 Å². The van der Waals surface area contributed by atoms with E-state index >= 15 is 0 Å². The smallest absolute Gasteiger partial charge is 0.309 e. The third-order valence-corrected chi connectivity index (χ3v) is 7.86. The largest absolute Gasteiger partial charge is 0.466 e. The van der Waals surface area contributed by atoms with Crippen molar-refractivity contribution >= 4 is 50.8 Å². The highest BCUT2D eigenvalue weighted by atomic mass is 35.5. The van der Waals surface area contributed by atoms with Crippen molar-refractivity contribution in [1.29, 1.82) is 0 Å². The first-order valence-corrected chi connectivity index (χ1v) is 12.4. The minimum atomic E-state index is -4.09. The van der Waals surface area contributed by atoms with Gasteiger partial charge >= 0.3 is 5.97 Å². The second-order valence-electron chi connectivity index (χ2n) is 7.30. The maximum Gasteiger partial charge on any atom is 0.309 e. The Hall–Kier alpha value is -2.29. The van der Waals surface area contributed by atoms with Crippen LogP contribution in [0.3, 0.4) is 0 Å². The second kappa shape index (κ2) is 10.6. The van der Waals surface area contributed by atoms with E-state index in [1.54, 1.807) is 42.2 Å². The highest BCUT2D eigenvalue weighted by molar-refractivity contribution is 7.92. The van der Waals surface area contributed by atoms with Crippen molar-refractivity contribution in [2.24, 2.45) is 5.92 Å². The third kappa shape index (κ3) is 5.36. The summed E-state index contributed by atoms with van der Waals surface area (Å²) in [6.45, 7) is 2.29. The summed E-state index contributed by atoms with van der Waals surface area (Å²) in [6.07, 6.45) is 0.932. The zero-order valence-corrected chi connectivity index (χ0v) is 19.9. The van der Waals surface area contributed by atoms with Crippen molar-refractivity contribution in [3.63, 3.8) is 0 Å². The van der Waals surface area contributed by atoms with Crippen molar-refractivity contribution in [2.45, 2.75) is 24.7 Å². The molecule has 1 aliphatic heterocycles. The average Bonchev–Trinajstić information content (AvgIpc) is 2.80. The fourth-order valence-corrected chi connectivity index (χ4v) is 5.45. The molecule has 0 N–H and O–H groups in total. The zero-order valence-electron chi connectivity index (χ0n) is 17.5. The molecule has 32 heavy (non-hydrogen) atoms. The standard InChI is InChI=1S/C22H24Cl2N2O5S/c1-2-31-22(28)16-11-13-25(14-12-16)20(27)15-26(19-10-6-9-18(23)21(19)24)32(29,30)17-7-4-3-5-8-17/h3-10,16H,2,11-15H2,1H3. The number of hydrogen-bond donors (Lipinski definition) is 0. The first-order valence-electron chi connectivity index (χ1n) is 10.2. The second-order valence-corrected chi connectivity index (χ2v) is 9.95. The molecule has 172 valence electrons. The SMILES string of the molecule is CCOC(=O)C1CCN(C(=O)CN(c2cccc(Cl)c2Cl)S(=O)(=O)c2ccccc2)CC1. The number of likely N-dealkylation sites (tertiary alicyclic amines) is 1. The molecule has 1 amide bonds. The molecular weight excluding hydrogens is 475 g/mol. The number of benzene rings is 2. The van der Waals surface area contributed by atoms with E-state index in [1.165, 1.54) is 18.2 Å². The van der Waals surface area contributed by atoms with Crippen LogP contribution in [-0.2, 0) is 24.3 Å². The minimum Gasteiger partial charge on any atom is -0.466 e. The predicted octanol–water partition coefficient (Wildman–Crippen LogP) is 3.99. The Morgan fingerprint density at radius 1 is 1.06 bits per heavy atom. The number of nitrogens with zero attached hydrogens (tertiary/aromatic N) is 2. The molecule has 7 nitrogen and oxygen atoms in total. The van der Waals surface area contributed by atoms with Gasteiger partial charge in [-0.25, -0.2) is 8.42 Å². The number of halogens is 2. The van der Waals surface area contributed by atoms with Crippen LogP contribution in [0, 0.1) is 5.92 Å². The molecule has 0 radical (unpaired) electrons. The summed E-state index contributed by atoms with van der Waals surface area (Å²) < 4.78 is 32.9. The minimum absolute atomic E-state index is 0.0323. The first kappa shape index (κ1) is 24.4. The van der Waals surface area contributed by atoms with Crippen LogP contribution >= 0.6 is 23.2 Å². The van der Waals surface area contributed by atoms with E-state index in [-0.39, 0.29) is 38.4 Å². The van der Waals surface area contributed by atoms with E-state index in [0.717, 1.165) is 4.31 Å². The van der Waals surface area contributed by atoms with E-state index in [2.05, 4.69) is 0 Å². The van der Waals surface area contributed by atoms with Crippen LogP contribution < -0.4 is 4.31 Å². The van der Waals surface area contributed by atoms with Gasteiger partial charge < -0.3 is 9.64 Å². The number of anilines is 1. The summed E-state index contributed by atoms with van der Waals surface area (Å²) in [5, 5.41) is 0.225. The highest BCUT2D eigenvalue weighted by Gasteiger charge is 2.33. The van der Waals surface area contributed by atoms with Crippen LogP contribution in [-0.4, -0.2) is 51.4 Å². The first-order chi connectivity index (χ1) is 15.3. The van der Waals surface area contributed by atoms with E-state index in [9.17, 15) is 18.0 Å². The van der Waals surface area contributed by atoms with Gasteiger partial charge in [-0.15, -0.1) is 0 Å². The molecular formula is C22H24Cl2N2O5S. The lowest BCUT2D eigenvalue weighted by Gasteiger charge is -2.33. The molecule has 1 aliphatic rings. The lowest BCUT2D eigenvalue weighted by Crippen LogP contribution is -2.46. The van der Waals surface area contributed by atoms with Crippen molar-refractivity contribution in [3.8, 4) is 0 Å². The van der Waals surface area contributed by atoms with Gasteiger partial charge in [0.1, 0.15) is 6.54 Å². The Morgan fingerprint density at radius 2 is 1.72 bits per heavy atom. The summed E-state index contributed by atoms with van der Waals surface area (Å²) in [6, 6.07) is 12.4. The summed E-state index contributed by atoms with van der Waals surface area (Å²) in [5.41, 5.74) is 0.123. The van der Waals surface area contributed by atoms with Crippen molar-refractivity contribution in [1.82, 2.24) is 4.90 Å². The Morgan fingerprint density at radius 3 is 2.34 bits per heavy atom. The molecule has 10 heteroatoms. The topological polar surface area (TPSA) is 84.0 Å². The van der Waals surface area contributed by atoms with Crippen LogP contribution in [0.15, 0.2) is 53.4 Å². The number of rotatable bonds is 7. The quantitative estimate of drug-likeness (QED) is 0.538. The predicted molar refractivity (Wildman–Crippen MR) is 123 cm³/mol. The average molecular weight is 499 g/mol. The molecule has 0 aromatic heterocycles. The van der Waals surface area contributed by atoms with Gasteiger partial charge in [-0.2, -0.15) is 0 Å². The molecule has 0 saturated carbocycles. The van der Waals surface area contributed by atoms with Crippen molar-refractivity contribution in [2.75, 3.05) is 30.5 Å². The number of piperidine rings is 1. The Balaban J connectivity index is 1.85. The number of amides is 1. The van der Waals surface area contributed by atoms with Crippen molar-refractivity contribution < 1.29 is 22.7 Å². The molecule has 3 rings (SSSR count). The number of carbonyl (C=O) groups is 2. The van der Waals surface area contributed by atoms with Gasteiger partial charge in [0.2, 0.25) is 5.91 Å². The van der Waals surface area contributed by atoms with Crippen LogP contribution in [0.2, 0.25) is 10.0 Å². The number of hydrogen-bond acceptors (Lipinski definition) is 5. The molecule has 1 fully saturated rings. The van der Waals surface area contributed by atoms with Crippen LogP contribution in [0.5, 0.6) is 0 Å². The molecule has 0 spiro atoms. The van der Waals surface area contributed by atoms with Gasteiger partial charge in [0.25, 0.3) is 10.0 Å². The summed E-state index contributed by atoms with van der Waals surface area (Å²) in [7, 11) is -4.09. The third-order valence-electron chi connectivity index (χ3n) is 5.28. The molecule has 0 bridgehead atoms. The number of carbonyl (C=O) groups excluding carboxylic acids is 2. The summed E-state index contributed by atoms with van der Waals surface area (Å²) in [5.74, 6) is -0.910. The van der Waals surface area contributed by atoms with Gasteiger partial charge in [-0.1, -0.05) is 47.5 Å². The van der Waals surface area contributed by atoms with Gasteiger partial charge in [0.15, 0.2) is 0 Å². The molecule has 0 aliphatic carbocycles. The molecule has 2 aromatic rings. The highest BCUT2D eigenvalue weighted by Crippen LogP contribution is 2.35. The molecule has 0 unspecified atom stereocenters. The normalized spacial score (nSPS) is 14.8. The molecule has 1 saturated heterocycles. The van der Waals surface area contributed by atoms with Crippen LogP contribution in [0.4, 0.5) is 5.69 Å². The Bertz CT molecular complexity index is 1070. The fourth-order valence-electron chi connectivity index (χ4n) is 3.55. The van der Waals surface area contributed by atoms with Gasteiger partial charge in [0, 0.05) is 13.1 Å². The summed E-state index contributed by atoms with van der Waals surface area (Å²) >= 11 is 12.4. The van der Waals surface area contributed by atoms with Gasteiger partial charge in [-0.05, 0) is 44.0 Å². The van der Waals surface area contributed by atoms with Crippen molar-refractivity contribution in [3.05, 3.63) is 58.6 Å². The van der Waals surface area contributed by atoms with Gasteiger partial charge in [0.05, 0.1) is 33.2 Å². The van der Waals surface area contributed by atoms with Crippen LogP contribution in [0.1, 0.15) is 19.8 Å². The van der Waals surface area contributed by atoms with E-state index in [1.807, 2.05) is 0 Å². The van der Waals surface area contributed by atoms with E-state index in [0.29, 0.717) is 32.5 Å². The number of sulfonamides is 1. The molecule has 1 heterocycles. The van der Waals surface area contributed by atoms with Gasteiger partial charge in [-0.3, -0.25) is 13.9 Å². The molecule has 0 atom stereocenters. The lowest BCUT2D eigenvalue weighted by atomic mass is 9.97. The summed E-state index contributed by atoms with van der Waals surface area (Å²) in [4.78, 5) is 26.6. The Labute approximate surface area is 197 Å². The maximum absolute atomic E-state index is 13.4. The molecule has 2 aromatic carbocycles. The van der Waals surface area contributed by atoms with E-state index in [4.69, 9.17) is 27.9 Å². The number of ether oxygens (including phenoxy) is 1. The van der Waals surface area contributed by atoms with E-state index < -0.39 is 16.6 Å². The number of esters is 1. The zero-order chi connectivity index (χ0) is 23.3.